The van der Waals surface area contributed by atoms with E-state index < -0.39 is 5.25 Å². The Hall–Kier alpha value is -0.950. The largest absolute Gasteiger partial charge is 0.323 e. The minimum Gasteiger partial charge on any atom is -0.323 e. The maximum Gasteiger partial charge on any atom is 0.237 e. The molecule has 146 valence electrons. The number of thioether (sulfide) groups is 1. The SMILES string of the molecule is Cc1nnc(SC(C)C(=O)Nc2c(Cl)cc(Cl)cc2Cl)n1C1CCCCC1. The van der Waals surface area contributed by atoms with Gasteiger partial charge in [0, 0.05) is 11.1 Å². The standard InChI is InChI=1S/C18H21Cl3N4OS/c1-10(17(26)22-16-14(20)8-12(19)9-15(16)21)27-18-24-23-11(2)25(18)13-6-4-3-5-7-13/h8-10,13H,3-7H2,1-2H3,(H,22,26). The van der Waals surface area contributed by atoms with Crippen LogP contribution in [0.15, 0.2) is 17.3 Å². The Labute approximate surface area is 178 Å². The first-order chi connectivity index (χ1) is 12.9. The molecule has 1 fully saturated rings. The first-order valence-corrected chi connectivity index (χ1v) is 10.9. The predicted octanol–water partition coefficient (Wildman–Crippen LogP) is 6.17. The van der Waals surface area contributed by atoms with Gasteiger partial charge in [-0.1, -0.05) is 65.8 Å². The van der Waals surface area contributed by atoms with Crippen molar-refractivity contribution < 1.29 is 4.79 Å². The van der Waals surface area contributed by atoms with Gasteiger partial charge in [-0.25, -0.2) is 0 Å². The number of carbonyl (C=O) groups is 1. The average molecular weight is 448 g/mol. The highest BCUT2D eigenvalue weighted by Gasteiger charge is 2.25. The topological polar surface area (TPSA) is 59.8 Å². The molecule has 9 heteroatoms. The number of hydrogen-bond donors (Lipinski definition) is 1. The Kier molecular flexibility index (Phi) is 6.95. The summed E-state index contributed by atoms with van der Waals surface area (Å²) in [6.07, 6.45) is 5.97. The molecule has 1 amide bonds. The number of benzene rings is 1. The lowest BCUT2D eigenvalue weighted by Gasteiger charge is -2.25. The molecule has 0 saturated heterocycles. The zero-order valence-corrected chi connectivity index (χ0v) is 18.2. The van der Waals surface area contributed by atoms with Crippen LogP contribution >= 0.6 is 46.6 Å². The van der Waals surface area contributed by atoms with Gasteiger partial charge in [0.15, 0.2) is 5.16 Å². The highest BCUT2D eigenvalue weighted by atomic mass is 35.5. The van der Waals surface area contributed by atoms with Crippen LogP contribution in [0.25, 0.3) is 0 Å². The van der Waals surface area contributed by atoms with E-state index in [1.807, 2.05) is 13.8 Å². The Morgan fingerprint density at radius 3 is 2.44 bits per heavy atom. The van der Waals surface area contributed by atoms with E-state index in [2.05, 4.69) is 20.1 Å². The van der Waals surface area contributed by atoms with Crippen molar-refractivity contribution >= 4 is 58.2 Å². The van der Waals surface area contributed by atoms with Gasteiger partial charge in [-0.15, -0.1) is 10.2 Å². The lowest BCUT2D eigenvalue weighted by atomic mass is 9.95. The Morgan fingerprint density at radius 2 is 1.81 bits per heavy atom. The zero-order valence-electron chi connectivity index (χ0n) is 15.1. The number of amides is 1. The Morgan fingerprint density at radius 1 is 1.19 bits per heavy atom. The zero-order chi connectivity index (χ0) is 19.6. The number of nitrogens with zero attached hydrogens (tertiary/aromatic N) is 3. The molecule has 1 atom stereocenters. The molecule has 3 rings (SSSR count). The van der Waals surface area contributed by atoms with Crippen molar-refractivity contribution in [3.63, 3.8) is 0 Å². The number of anilines is 1. The van der Waals surface area contributed by atoms with E-state index in [4.69, 9.17) is 34.8 Å². The molecule has 0 radical (unpaired) electrons. The fourth-order valence-electron chi connectivity index (χ4n) is 3.29. The van der Waals surface area contributed by atoms with Gasteiger partial charge >= 0.3 is 0 Å². The smallest absolute Gasteiger partial charge is 0.237 e. The number of hydrogen-bond acceptors (Lipinski definition) is 4. The predicted molar refractivity (Wildman–Crippen MR) is 112 cm³/mol. The van der Waals surface area contributed by atoms with Crippen LogP contribution in [-0.2, 0) is 4.79 Å². The van der Waals surface area contributed by atoms with E-state index in [0.29, 0.717) is 26.8 Å². The molecular formula is C18H21Cl3N4OS. The second-order valence-corrected chi connectivity index (χ2v) is 9.24. The quantitative estimate of drug-likeness (QED) is 0.557. The highest BCUT2D eigenvalue weighted by Crippen LogP contribution is 2.36. The van der Waals surface area contributed by atoms with E-state index in [-0.39, 0.29) is 5.91 Å². The molecule has 1 saturated carbocycles. The maximum absolute atomic E-state index is 12.7. The van der Waals surface area contributed by atoms with Crippen molar-refractivity contribution in [2.24, 2.45) is 0 Å². The molecule has 1 N–H and O–H groups in total. The lowest BCUT2D eigenvalue weighted by Crippen LogP contribution is -2.24. The van der Waals surface area contributed by atoms with Gasteiger partial charge in [-0.05, 0) is 38.8 Å². The molecule has 0 bridgehead atoms. The van der Waals surface area contributed by atoms with E-state index in [0.717, 1.165) is 23.8 Å². The van der Waals surface area contributed by atoms with E-state index in [9.17, 15) is 4.79 Å². The van der Waals surface area contributed by atoms with Gasteiger partial charge in [0.25, 0.3) is 0 Å². The first-order valence-electron chi connectivity index (χ1n) is 8.90. The van der Waals surface area contributed by atoms with Gasteiger partial charge in [0.1, 0.15) is 5.82 Å². The van der Waals surface area contributed by atoms with Crippen LogP contribution in [0.3, 0.4) is 0 Å². The first kappa shape index (κ1) is 20.8. The maximum atomic E-state index is 12.7. The van der Waals surface area contributed by atoms with Crippen LogP contribution in [0.5, 0.6) is 0 Å². The van der Waals surface area contributed by atoms with E-state index in [1.165, 1.54) is 31.0 Å². The van der Waals surface area contributed by atoms with Crippen LogP contribution in [0, 0.1) is 6.92 Å². The van der Waals surface area contributed by atoms with Gasteiger partial charge in [-0.2, -0.15) is 0 Å². The molecule has 1 aromatic carbocycles. The highest BCUT2D eigenvalue weighted by molar-refractivity contribution is 8.00. The number of rotatable bonds is 5. The normalized spacial score (nSPS) is 16.3. The third-order valence-corrected chi connectivity index (χ3v) is 6.55. The molecule has 5 nitrogen and oxygen atoms in total. The number of carbonyl (C=O) groups excluding carboxylic acids is 1. The molecule has 0 spiro atoms. The van der Waals surface area contributed by atoms with Crippen LogP contribution in [0.4, 0.5) is 5.69 Å². The van der Waals surface area contributed by atoms with Crippen molar-refractivity contribution in [2.75, 3.05) is 5.32 Å². The molecule has 1 unspecified atom stereocenters. The molecular weight excluding hydrogens is 427 g/mol. The fraction of sp³-hybridized carbons (Fsp3) is 0.500. The van der Waals surface area contributed by atoms with Crippen molar-refractivity contribution in [1.82, 2.24) is 14.8 Å². The van der Waals surface area contributed by atoms with E-state index >= 15 is 0 Å². The van der Waals surface area contributed by atoms with Gasteiger partial charge in [-0.3, -0.25) is 4.79 Å². The van der Waals surface area contributed by atoms with Crippen molar-refractivity contribution in [3.8, 4) is 0 Å². The third-order valence-electron chi connectivity index (χ3n) is 4.68. The Balaban J connectivity index is 1.72. The third kappa shape index (κ3) is 4.91. The van der Waals surface area contributed by atoms with Crippen LogP contribution in [-0.4, -0.2) is 25.9 Å². The summed E-state index contributed by atoms with van der Waals surface area (Å²) >= 11 is 19.6. The summed E-state index contributed by atoms with van der Waals surface area (Å²) in [5.74, 6) is 0.683. The number of aromatic nitrogens is 3. The van der Waals surface area contributed by atoms with Crippen molar-refractivity contribution in [2.45, 2.75) is 62.4 Å². The molecule has 1 aliphatic carbocycles. The van der Waals surface area contributed by atoms with Crippen molar-refractivity contribution in [1.29, 1.82) is 0 Å². The number of nitrogens with one attached hydrogen (secondary N) is 1. The second kappa shape index (κ2) is 9.03. The molecule has 1 heterocycles. The summed E-state index contributed by atoms with van der Waals surface area (Å²) < 4.78 is 2.18. The summed E-state index contributed by atoms with van der Waals surface area (Å²) in [5.41, 5.74) is 0.366. The van der Waals surface area contributed by atoms with E-state index in [1.54, 1.807) is 12.1 Å². The molecule has 27 heavy (non-hydrogen) atoms. The fourth-order valence-corrected chi connectivity index (χ4v) is 5.16. The van der Waals surface area contributed by atoms with Gasteiger partial charge < -0.3 is 9.88 Å². The van der Waals surface area contributed by atoms with Crippen molar-refractivity contribution in [3.05, 3.63) is 33.0 Å². The monoisotopic (exact) mass is 446 g/mol. The van der Waals surface area contributed by atoms with Gasteiger partial charge in [0.05, 0.1) is 21.0 Å². The summed E-state index contributed by atoms with van der Waals surface area (Å²) in [6.45, 7) is 3.79. The lowest BCUT2D eigenvalue weighted by molar-refractivity contribution is -0.115. The van der Waals surface area contributed by atoms with Crippen LogP contribution in [0.2, 0.25) is 15.1 Å². The Bertz CT molecular complexity index is 813. The summed E-state index contributed by atoms with van der Waals surface area (Å²) in [6, 6.07) is 3.50. The minimum atomic E-state index is -0.390. The molecule has 1 aromatic heterocycles. The van der Waals surface area contributed by atoms with Gasteiger partial charge in [0.2, 0.25) is 5.91 Å². The van der Waals surface area contributed by atoms with Crippen LogP contribution in [0.1, 0.15) is 50.9 Å². The van der Waals surface area contributed by atoms with Crippen LogP contribution < -0.4 is 5.32 Å². The molecule has 2 aromatic rings. The molecule has 1 aliphatic rings. The summed E-state index contributed by atoms with van der Waals surface area (Å²) in [7, 11) is 0. The average Bonchev–Trinajstić information content (AvgIpc) is 2.98. The summed E-state index contributed by atoms with van der Waals surface area (Å²) in [5, 5.41) is 12.7. The second-order valence-electron chi connectivity index (χ2n) is 6.69. The minimum absolute atomic E-state index is 0.207. The molecule has 0 aliphatic heterocycles. The number of halogens is 3. The summed E-state index contributed by atoms with van der Waals surface area (Å²) in [4.78, 5) is 12.7. The number of aryl methyl sites for hydroxylation is 1.